The lowest BCUT2D eigenvalue weighted by molar-refractivity contribution is -0.123. The van der Waals surface area contributed by atoms with Gasteiger partial charge in [-0.2, -0.15) is 5.10 Å². The van der Waals surface area contributed by atoms with Crippen LogP contribution in [0.3, 0.4) is 0 Å². The zero-order valence-electron chi connectivity index (χ0n) is 14.8. The van der Waals surface area contributed by atoms with Gasteiger partial charge < -0.3 is 15.5 Å². The summed E-state index contributed by atoms with van der Waals surface area (Å²) >= 11 is 0. The van der Waals surface area contributed by atoms with Gasteiger partial charge in [-0.25, -0.2) is 14.5 Å². The van der Waals surface area contributed by atoms with Gasteiger partial charge in [0.15, 0.2) is 0 Å². The maximum Gasteiger partial charge on any atom is 0.317 e. The van der Waals surface area contributed by atoms with Crippen LogP contribution >= 0.6 is 0 Å². The third-order valence-electron chi connectivity index (χ3n) is 4.54. The van der Waals surface area contributed by atoms with E-state index >= 15 is 0 Å². The molecule has 1 spiro atoms. The summed E-state index contributed by atoms with van der Waals surface area (Å²) in [4.78, 5) is 30.8. The lowest BCUT2D eigenvalue weighted by Crippen LogP contribution is -2.59. The number of aryl methyl sites for hydroxylation is 1. The van der Waals surface area contributed by atoms with Crippen molar-refractivity contribution in [2.45, 2.75) is 64.6 Å². The first-order valence-corrected chi connectivity index (χ1v) is 8.44. The molecule has 0 saturated carbocycles. The molecule has 2 aliphatic heterocycles. The monoisotopic (exact) mass is 334 g/mol. The highest BCUT2D eigenvalue weighted by Crippen LogP contribution is 2.28. The number of rotatable bonds is 0. The molecule has 0 aliphatic carbocycles. The number of amides is 3. The van der Waals surface area contributed by atoms with Crippen LogP contribution in [0.25, 0.3) is 0 Å². The molecule has 0 radical (unpaired) electrons. The molecule has 3 heterocycles. The molecule has 2 aliphatic rings. The minimum absolute atomic E-state index is 0.0359. The Hall–Kier alpha value is -2.12. The molecule has 132 valence electrons. The molecule has 2 N–H and O–H groups in total. The minimum Gasteiger partial charge on any atom is -0.348 e. The van der Waals surface area contributed by atoms with E-state index in [-0.39, 0.29) is 29.6 Å². The summed E-state index contributed by atoms with van der Waals surface area (Å²) in [6.07, 6.45) is 2.11. The van der Waals surface area contributed by atoms with Crippen molar-refractivity contribution in [3.63, 3.8) is 0 Å². The Morgan fingerprint density at radius 2 is 1.96 bits per heavy atom. The van der Waals surface area contributed by atoms with Crippen molar-refractivity contribution in [1.29, 1.82) is 0 Å². The summed E-state index contributed by atoms with van der Waals surface area (Å²) in [6, 6.07) is -0.0451. The lowest BCUT2D eigenvalue weighted by Gasteiger charge is -2.42. The Labute approximate surface area is 142 Å². The fourth-order valence-corrected chi connectivity index (χ4v) is 3.41. The zero-order valence-corrected chi connectivity index (χ0v) is 14.8. The first-order valence-electron chi connectivity index (χ1n) is 8.44. The van der Waals surface area contributed by atoms with Crippen LogP contribution in [0.2, 0.25) is 0 Å². The normalized spacial score (nSPS) is 20.3. The van der Waals surface area contributed by atoms with Gasteiger partial charge in [0, 0.05) is 25.0 Å². The molecule has 1 aromatic rings. The molecule has 0 bridgehead atoms. The van der Waals surface area contributed by atoms with Crippen LogP contribution in [0, 0.1) is 6.92 Å². The van der Waals surface area contributed by atoms with Crippen LogP contribution in [0.1, 0.15) is 45.3 Å². The molecule has 1 saturated heterocycles. The van der Waals surface area contributed by atoms with Crippen molar-refractivity contribution in [3.8, 4) is 0 Å². The van der Waals surface area contributed by atoms with Gasteiger partial charge in [-0.3, -0.25) is 4.79 Å². The summed E-state index contributed by atoms with van der Waals surface area (Å²) in [5.74, 6) is 1.50. The zero-order chi connectivity index (χ0) is 17.5. The smallest absolute Gasteiger partial charge is 0.317 e. The second-order valence-corrected chi connectivity index (χ2v) is 7.91. The molecular formula is C16H26N6O2. The fourth-order valence-electron chi connectivity index (χ4n) is 3.41. The van der Waals surface area contributed by atoms with Crippen molar-refractivity contribution in [1.82, 2.24) is 30.3 Å². The molecule has 1 fully saturated rings. The first-order chi connectivity index (χ1) is 11.2. The number of hydrogen-bond donors (Lipinski definition) is 2. The third kappa shape index (κ3) is 3.52. The van der Waals surface area contributed by atoms with Gasteiger partial charge in [0.1, 0.15) is 18.2 Å². The lowest BCUT2D eigenvalue weighted by atomic mass is 9.84. The van der Waals surface area contributed by atoms with E-state index in [0.717, 1.165) is 18.7 Å². The van der Waals surface area contributed by atoms with Crippen LogP contribution in [0.5, 0.6) is 0 Å². The number of carbonyl (C=O) groups excluding carboxylic acids is 2. The second kappa shape index (κ2) is 5.75. The average molecular weight is 334 g/mol. The van der Waals surface area contributed by atoms with E-state index in [1.807, 2.05) is 32.6 Å². The van der Waals surface area contributed by atoms with Crippen molar-refractivity contribution < 1.29 is 9.59 Å². The summed E-state index contributed by atoms with van der Waals surface area (Å²) < 4.78 is 1.69. The van der Waals surface area contributed by atoms with Gasteiger partial charge >= 0.3 is 6.03 Å². The van der Waals surface area contributed by atoms with Gasteiger partial charge in [-0.15, -0.1) is 0 Å². The molecule has 8 heteroatoms. The average Bonchev–Trinajstić information content (AvgIpc) is 2.70. The number of urea groups is 1. The fraction of sp³-hybridized carbons (Fsp3) is 0.750. The molecule has 0 aromatic carbocycles. The second-order valence-electron chi connectivity index (χ2n) is 7.91. The maximum atomic E-state index is 12.3. The number of hydrogen-bond acceptors (Lipinski definition) is 4. The van der Waals surface area contributed by atoms with Crippen molar-refractivity contribution in [3.05, 3.63) is 11.6 Å². The van der Waals surface area contributed by atoms with Crippen LogP contribution in [0.4, 0.5) is 4.79 Å². The SMILES string of the molecule is Cc1nc2n(n1)CC(=O)NC1(CCN(C(=O)NC(C)(C)C)CC1)C2. The Bertz CT molecular complexity index is 652. The van der Waals surface area contributed by atoms with E-state index in [2.05, 4.69) is 20.7 Å². The number of nitrogens with zero attached hydrogens (tertiary/aromatic N) is 4. The van der Waals surface area contributed by atoms with E-state index in [9.17, 15) is 9.59 Å². The summed E-state index contributed by atoms with van der Waals surface area (Å²) in [5, 5.41) is 10.4. The van der Waals surface area contributed by atoms with E-state index < -0.39 is 0 Å². The van der Waals surface area contributed by atoms with Crippen molar-refractivity contribution >= 4 is 11.9 Å². The summed E-state index contributed by atoms with van der Waals surface area (Å²) in [7, 11) is 0. The topological polar surface area (TPSA) is 92.2 Å². The largest absolute Gasteiger partial charge is 0.348 e. The Balaban J connectivity index is 1.70. The summed E-state index contributed by atoms with van der Waals surface area (Å²) in [6.45, 7) is 9.20. The number of carbonyl (C=O) groups is 2. The standard InChI is InChI=1S/C16H26N6O2/c1-11-17-12-9-16(18-13(23)10-22(12)20-11)5-7-21(8-6-16)14(24)19-15(2,3)4/h5-10H2,1-4H3,(H,18,23)(H,19,24). The molecular weight excluding hydrogens is 308 g/mol. The van der Waals surface area contributed by atoms with Gasteiger partial charge in [-0.05, 0) is 40.5 Å². The van der Waals surface area contributed by atoms with Crippen molar-refractivity contribution in [2.75, 3.05) is 13.1 Å². The number of likely N-dealkylation sites (tertiary alicyclic amines) is 1. The van der Waals surface area contributed by atoms with Crippen LogP contribution in [-0.4, -0.2) is 55.8 Å². The predicted molar refractivity (Wildman–Crippen MR) is 88.4 cm³/mol. The van der Waals surface area contributed by atoms with Crippen LogP contribution in [0.15, 0.2) is 0 Å². The minimum atomic E-state index is -0.330. The van der Waals surface area contributed by atoms with Crippen LogP contribution in [-0.2, 0) is 17.8 Å². The van der Waals surface area contributed by atoms with Gasteiger partial charge in [0.05, 0.1) is 5.54 Å². The maximum absolute atomic E-state index is 12.3. The van der Waals surface area contributed by atoms with E-state index in [0.29, 0.717) is 25.3 Å². The number of fused-ring (bicyclic) bond motifs is 1. The highest BCUT2D eigenvalue weighted by molar-refractivity contribution is 5.77. The molecule has 3 rings (SSSR count). The number of nitrogens with one attached hydrogen (secondary N) is 2. The molecule has 3 amide bonds. The third-order valence-corrected chi connectivity index (χ3v) is 4.54. The van der Waals surface area contributed by atoms with Gasteiger partial charge in [0.25, 0.3) is 0 Å². The molecule has 24 heavy (non-hydrogen) atoms. The van der Waals surface area contributed by atoms with E-state index in [1.165, 1.54) is 0 Å². The highest BCUT2D eigenvalue weighted by Gasteiger charge is 2.40. The van der Waals surface area contributed by atoms with E-state index in [1.54, 1.807) is 4.68 Å². The first kappa shape index (κ1) is 16.7. The number of aromatic nitrogens is 3. The summed E-state index contributed by atoms with van der Waals surface area (Å²) in [5.41, 5.74) is -0.583. The molecule has 1 aromatic heterocycles. The predicted octanol–water partition coefficient (Wildman–Crippen LogP) is 0.602. The van der Waals surface area contributed by atoms with Gasteiger partial charge in [-0.1, -0.05) is 0 Å². The van der Waals surface area contributed by atoms with Crippen LogP contribution < -0.4 is 10.6 Å². The van der Waals surface area contributed by atoms with Gasteiger partial charge in [0.2, 0.25) is 5.91 Å². The molecule has 0 atom stereocenters. The van der Waals surface area contributed by atoms with Crippen molar-refractivity contribution in [2.24, 2.45) is 0 Å². The quantitative estimate of drug-likeness (QED) is 0.727. The number of piperidine rings is 1. The Kier molecular flexibility index (Phi) is 4.01. The Morgan fingerprint density at radius 1 is 1.29 bits per heavy atom. The molecule has 8 nitrogen and oxygen atoms in total. The highest BCUT2D eigenvalue weighted by atomic mass is 16.2. The van der Waals surface area contributed by atoms with E-state index in [4.69, 9.17) is 0 Å². The molecule has 0 unspecified atom stereocenters. The Morgan fingerprint density at radius 3 is 2.58 bits per heavy atom.